The fourth-order valence-corrected chi connectivity index (χ4v) is 0.975. The van der Waals surface area contributed by atoms with E-state index in [2.05, 4.69) is 10.3 Å². The highest BCUT2D eigenvalue weighted by Gasteiger charge is 2.07. The number of primary amides is 1. The zero-order valence-corrected chi connectivity index (χ0v) is 7.81. The lowest BCUT2D eigenvalue weighted by Gasteiger charge is -2.08. The molecule has 0 saturated carbocycles. The Hall–Kier alpha value is -1.46. The zero-order chi connectivity index (χ0) is 10.4. The molecule has 1 atom stereocenters. The molecular formula is C9H14N4O. The molecule has 1 aromatic heterocycles. The summed E-state index contributed by atoms with van der Waals surface area (Å²) in [6, 6.07) is 3.16. The van der Waals surface area contributed by atoms with E-state index in [1.54, 1.807) is 12.4 Å². The monoisotopic (exact) mass is 194 g/mol. The molecule has 5 nitrogen and oxygen atoms in total. The standard InChI is InChI=1S/C9H14N4O/c10-8(9(11)14)6-13-5-7-2-1-3-12-4-7/h1-4,8,13H,5-6,10H2,(H2,11,14). The van der Waals surface area contributed by atoms with Crippen molar-refractivity contribution in [1.29, 1.82) is 0 Å². The predicted octanol–water partition coefficient (Wildman–Crippen LogP) is -1.02. The second-order valence-corrected chi connectivity index (χ2v) is 3.00. The number of nitrogens with two attached hydrogens (primary N) is 2. The van der Waals surface area contributed by atoms with Crippen LogP contribution in [0.25, 0.3) is 0 Å². The van der Waals surface area contributed by atoms with Gasteiger partial charge in [-0.1, -0.05) is 6.07 Å². The van der Waals surface area contributed by atoms with Gasteiger partial charge in [0.2, 0.25) is 5.91 Å². The molecule has 0 fully saturated rings. The topological polar surface area (TPSA) is 94.0 Å². The maximum atomic E-state index is 10.6. The number of nitrogens with zero attached hydrogens (tertiary/aromatic N) is 1. The van der Waals surface area contributed by atoms with Gasteiger partial charge in [0.15, 0.2) is 0 Å². The number of amides is 1. The van der Waals surface area contributed by atoms with Gasteiger partial charge in [-0.3, -0.25) is 9.78 Å². The van der Waals surface area contributed by atoms with Crippen LogP contribution in [0.3, 0.4) is 0 Å². The smallest absolute Gasteiger partial charge is 0.235 e. The summed E-state index contributed by atoms with van der Waals surface area (Å²) in [7, 11) is 0. The summed E-state index contributed by atoms with van der Waals surface area (Å²) >= 11 is 0. The lowest BCUT2D eigenvalue weighted by Crippen LogP contribution is -2.44. The minimum Gasteiger partial charge on any atom is -0.368 e. The summed E-state index contributed by atoms with van der Waals surface area (Å²) in [5.74, 6) is -0.497. The maximum Gasteiger partial charge on any atom is 0.235 e. The van der Waals surface area contributed by atoms with Crippen LogP contribution in [-0.2, 0) is 11.3 Å². The molecule has 76 valence electrons. The van der Waals surface area contributed by atoms with E-state index >= 15 is 0 Å². The molecule has 1 unspecified atom stereocenters. The summed E-state index contributed by atoms with van der Waals surface area (Å²) in [5, 5.41) is 3.02. The van der Waals surface area contributed by atoms with Gasteiger partial charge in [-0.15, -0.1) is 0 Å². The molecule has 1 amide bonds. The highest BCUT2D eigenvalue weighted by Crippen LogP contribution is 1.93. The molecule has 0 aromatic carbocycles. The van der Waals surface area contributed by atoms with Crippen LogP contribution in [0.4, 0.5) is 0 Å². The predicted molar refractivity (Wildman–Crippen MR) is 53.1 cm³/mol. The first-order chi connectivity index (χ1) is 6.70. The van der Waals surface area contributed by atoms with Crippen molar-refractivity contribution in [2.45, 2.75) is 12.6 Å². The van der Waals surface area contributed by atoms with Crippen LogP contribution in [0.5, 0.6) is 0 Å². The Morgan fingerprint density at radius 1 is 1.64 bits per heavy atom. The van der Waals surface area contributed by atoms with Gasteiger partial charge in [0.1, 0.15) is 0 Å². The van der Waals surface area contributed by atoms with Crippen molar-refractivity contribution >= 4 is 5.91 Å². The summed E-state index contributed by atoms with van der Waals surface area (Å²) in [5.41, 5.74) is 11.5. The Bertz CT molecular complexity index is 288. The normalized spacial score (nSPS) is 12.4. The lowest BCUT2D eigenvalue weighted by molar-refractivity contribution is -0.119. The Balaban J connectivity index is 2.26. The van der Waals surface area contributed by atoms with E-state index < -0.39 is 11.9 Å². The molecule has 1 aromatic rings. The van der Waals surface area contributed by atoms with E-state index in [1.807, 2.05) is 12.1 Å². The summed E-state index contributed by atoms with van der Waals surface area (Å²) in [6.07, 6.45) is 3.46. The fourth-order valence-electron chi connectivity index (χ4n) is 0.975. The largest absolute Gasteiger partial charge is 0.368 e. The second-order valence-electron chi connectivity index (χ2n) is 3.00. The summed E-state index contributed by atoms with van der Waals surface area (Å²) < 4.78 is 0. The van der Waals surface area contributed by atoms with Crippen molar-refractivity contribution < 1.29 is 4.79 Å². The third kappa shape index (κ3) is 3.51. The first kappa shape index (κ1) is 10.6. The lowest BCUT2D eigenvalue weighted by atomic mass is 10.2. The number of carbonyl (C=O) groups is 1. The highest BCUT2D eigenvalue weighted by molar-refractivity contribution is 5.79. The van der Waals surface area contributed by atoms with E-state index in [4.69, 9.17) is 11.5 Å². The molecule has 14 heavy (non-hydrogen) atoms. The SMILES string of the molecule is NC(=O)C(N)CNCc1cccnc1. The van der Waals surface area contributed by atoms with Crippen LogP contribution in [0.1, 0.15) is 5.56 Å². The van der Waals surface area contributed by atoms with E-state index in [1.165, 1.54) is 0 Å². The molecule has 0 aliphatic rings. The van der Waals surface area contributed by atoms with Crippen molar-refractivity contribution in [3.05, 3.63) is 30.1 Å². The Morgan fingerprint density at radius 2 is 2.43 bits per heavy atom. The van der Waals surface area contributed by atoms with Gasteiger partial charge in [-0.05, 0) is 11.6 Å². The quantitative estimate of drug-likeness (QED) is 0.559. The summed E-state index contributed by atoms with van der Waals surface area (Å²) in [6.45, 7) is 1.01. The third-order valence-electron chi connectivity index (χ3n) is 1.78. The zero-order valence-electron chi connectivity index (χ0n) is 7.81. The first-order valence-corrected chi connectivity index (χ1v) is 4.34. The number of carbonyl (C=O) groups excluding carboxylic acids is 1. The second kappa shape index (κ2) is 5.31. The van der Waals surface area contributed by atoms with Crippen LogP contribution in [0.15, 0.2) is 24.5 Å². The molecule has 0 radical (unpaired) electrons. The van der Waals surface area contributed by atoms with Gasteiger partial charge in [-0.25, -0.2) is 0 Å². The molecule has 0 aliphatic heterocycles. The highest BCUT2D eigenvalue weighted by atomic mass is 16.1. The van der Waals surface area contributed by atoms with Crippen LogP contribution >= 0.6 is 0 Å². The number of hydrogen-bond acceptors (Lipinski definition) is 4. The van der Waals surface area contributed by atoms with Gasteiger partial charge in [0.05, 0.1) is 6.04 Å². The van der Waals surface area contributed by atoms with Crippen molar-refractivity contribution in [2.75, 3.05) is 6.54 Å². The van der Waals surface area contributed by atoms with Crippen molar-refractivity contribution in [2.24, 2.45) is 11.5 Å². The fraction of sp³-hybridized carbons (Fsp3) is 0.333. The van der Waals surface area contributed by atoms with Gasteiger partial charge in [-0.2, -0.15) is 0 Å². The van der Waals surface area contributed by atoms with Crippen LogP contribution in [0.2, 0.25) is 0 Å². The van der Waals surface area contributed by atoms with E-state index in [9.17, 15) is 4.79 Å². The molecule has 0 aliphatic carbocycles. The van der Waals surface area contributed by atoms with E-state index in [0.717, 1.165) is 5.56 Å². The minimum atomic E-state index is -0.633. The van der Waals surface area contributed by atoms with Gasteiger partial charge in [0, 0.05) is 25.5 Å². The van der Waals surface area contributed by atoms with Crippen molar-refractivity contribution in [3.63, 3.8) is 0 Å². The molecule has 5 N–H and O–H groups in total. The molecule has 5 heteroatoms. The average molecular weight is 194 g/mol. The van der Waals surface area contributed by atoms with Crippen LogP contribution < -0.4 is 16.8 Å². The van der Waals surface area contributed by atoms with Gasteiger partial charge in [0.25, 0.3) is 0 Å². The molecule has 1 rings (SSSR count). The van der Waals surface area contributed by atoms with Gasteiger partial charge < -0.3 is 16.8 Å². The molecule has 0 bridgehead atoms. The number of pyridine rings is 1. The number of rotatable bonds is 5. The summed E-state index contributed by atoms with van der Waals surface area (Å²) in [4.78, 5) is 14.5. The van der Waals surface area contributed by atoms with E-state index in [-0.39, 0.29) is 0 Å². The van der Waals surface area contributed by atoms with Gasteiger partial charge >= 0.3 is 0 Å². The van der Waals surface area contributed by atoms with Crippen molar-refractivity contribution in [1.82, 2.24) is 10.3 Å². The Morgan fingerprint density at radius 3 is 3.00 bits per heavy atom. The van der Waals surface area contributed by atoms with E-state index in [0.29, 0.717) is 13.1 Å². The van der Waals surface area contributed by atoms with Crippen LogP contribution in [0, 0.1) is 0 Å². The van der Waals surface area contributed by atoms with Crippen LogP contribution in [-0.4, -0.2) is 23.5 Å². The molecule has 0 saturated heterocycles. The molecule has 0 spiro atoms. The maximum absolute atomic E-state index is 10.6. The number of aromatic nitrogens is 1. The Kier molecular flexibility index (Phi) is 4.03. The minimum absolute atomic E-state index is 0.379. The number of hydrogen-bond donors (Lipinski definition) is 3. The molecular weight excluding hydrogens is 180 g/mol. The number of nitrogens with one attached hydrogen (secondary N) is 1. The Labute approximate surface area is 82.5 Å². The third-order valence-corrected chi connectivity index (χ3v) is 1.78. The first-order valence-electron chi connectivity index (χ1n) is 4.34. The average Bonchev–Trinajstić information content (AvgIpc) is 2.19. The van der Waals surface area contributed by atoms with Crippen molar-refractivity contribution in [3.8, 4) is 0 Å². The molecule has 1 heterocycles.